The summed E-state index contributed by atoms with van der Waals surface area (Å²) in [4.78, 5) is 16.7. The van der Waals surface area contributed by atoms with Crippen molar-refractivity contribution < 1.29 is 9.21 Å². The Bertz CT molecular complexity index is 813. The number of pyridine rings is 1. The van der Waals surface area contributed by atoms with Crippen LogP contribution in [0.5, 0.6) is 0 Å². The topological polar surface area (TPSA) is 97.0 Å². The van der Waals surface area contributed by atoms with Gasteiger partial charge in [-0.2, -0.15) is 5.10 Å². The molecule has 1 fully saturated rings. The average Bonchev–Trinajstić information content (AvgIpc) is 3.42. The second kappa shape index (κ2) is 6.88. The molecule has 0 bridgehead atoms. The van der Waals surface area contributed by atoms with Crippen LogP contribution >= 0.6 is 0 Å². The summed E-state index contributed by atoms with van der Waals surface area (Å²) < 4.78 is 7.05. The number of nitrogens with zero attached hydrogens (tertiary/aromatic N) is 3. The first kappa shape index (κ1) is 15.6. The van der Waals surface area contributed by atoms with E-state index >= 15 is 0 Å². The highest BCUT2D eigenvalue weighted by Gasteiger charge is 2.31. The van der Waals surface area contributed by atoms with Gasteiger partial charge in [0.1, 0.15) is 11.8 Å². The van der Waals surface area contributed by atoms with Gasteiger partial charge >= 0.3 is 0 Å². The smallest absolute Gasteiger partial charge is 0.238 e. The van der Waals surface area contributed by atoms with Crippen LogP contribution in [0, 0.1) is 0 Å². The Morgan fingerprint density at radius 2 is 2.28 bits per heavy atom. The summed E-state index contributed by atoms with van der Waals surface area (Å²) in [5.41, 5.74) is 7.02. The van der Waals surface area contributed by atoms with Crippen molar-refractivity contribution in [1.82, 2.24) is 30.9 Å². The molecule has 3 aromatic heterocycles. The van der Waals surface area contributed by atoms with E-state index in [2.05, 4.69) is 26.3 Å². The fourth-order valence-electron chi connectivity index (χ4n) is 2.78. The first-order chi connectivity index (χ1) is 12.3. The largest absolute Gasteiger partial charge is 0.468 e. The van der Waals surface area contributed by atoms with E-state index in [1.165, 1.54) is 0 Å². The summed E-state index contributed by atoms with van der Waals surface area (Å²) in [7, 11) is 0. The van der Waals surface area contributed by atoms with Crippen molar-refractivity contribution in [1.29, 1.82) is 0 Å². The Morgan fingerprint density at radius 1 is 1.32 bits per heavy atom. The molecule has 1 aliphatic rings. The number of furan rings is 1. The monoisotopic (exact) mass is 338 g/mol. The van der Waals surface area contributed by atoms with Crippen molar-refractivity contribution in [2.24, 2.45) is 0 Å². The Labute approximate surface area is 144 Å². The fraction of sp³-hybridized carbons (Fsp3) is 0.235. The zero-order chi connectivity index (χ0) is 17.1. The van der Waals surface area contributed by atoms with Gasteiger partial charge in [0.25, 0.3) is 0 Å². The minimum Gasteiger partial charge on any atom is -0.468 e. The SMILES string of the molecule is O=C(NCc1ccc(-n2cccn2)nc1)C1CC(c2ccco2)NN1. The maximum Gasteiger partial charge on any atom is 0.238 e. The summed E-state index contributed by atoms with van der Waals surface area (Å²) in [5, 5.41) is 7.06. The maximum atomic E-state index is 12.3. The molecule has 128 valence electrons. The lowest BCUT2D eigenvalue weighted by Gasteiger charge is -2.10. The lowest BCUT2D eigenvalue weighted by molar-refractivity contribution is -0.123. The molecule has 0 aromatic carbocycles. The Balaban J connectivity index is 1.30. The molecule has 4 heterocycles. The Kier molecular flexibility index (Phi) is 4.28. The first-order valence-electron chi connectivity index (χ1n) is 8.07. The number of hydrogen-bond acceptors (Lipinski definition) is 6. The predicted molar refractivity (Wildman–Crippen MR) is 89.3 cm³/mol. The molecule has 0 saturated carbocycles. The number of nitrogens with one attached hydrogen (secondary N) is 3. The van der Waals surface area contributed by atoms with Crippen LogP contribution in [0.15, 0.2) is 59.6 Å². The molecule has 0 spiro atoms. The van der Waals surface area contributed by atoms with E-state index in [0.29, 0.717) is 13.0 Å². The minimum atomic E-state index is -0.300. The molecule has 1 saturated heterocycles. The number of carbonyl (C=O) groups is 1. The van der Waals surface area contributed by atoms with Crippen LogP contribution in [0.4, 0.5) is 0 Å². The number of amides is 1. The zero-order valence-electron chi connectivity index (χ0n) is 13.4. The van der Waals surface area contributed by atoms with Crippen LogP contribution in [-0.4, -0.2) is 26.7 Å². The molecule has 25 heavy (non-hydrogen) atoms. The van der Waals surface area contributed by atoms with Gasteiger partial charge in [0.05, 0.1) is 12.3 Å². The molecule has 4 rings (SSSR count). The summed E-state index contributed by atoms with van der Waals surface area (Å²) in [5.74, 6) is 1.50. The molecule has 1 aliphatic heterocycles. The van der Waals surface area contributed by atoms with Crippen LogP contribution in [0.25, 0.3) is 5.82 Å². The van der Waals surface area contributed by atoms with E-state index in [1.54, 1.807) is 23.3 Å². The fourth-order valence-corrected chi connectivity index (χ4v) is 2.78. The van der Waals surface area contributed by atoms with E-state index in [9.17, 15) is 4.79 Å². The number of hydrogen-bond donors (Lipinski definition) is 3. The molecule has 0 radical (unpaired) electrons. The van der Waals surface area contributed by atoms with E-state index in [1.807, 2.05) is 36.5 Å². The van der Waals surface area contributed by atoms with Gasteiger partial charge in [0, 0.05) is 25.1 Å². The molecule has 3 N–H and O–H groups in total. The molecule has 0 aliphatic carbocycles. The molecule has 2 atom stereocenters. The van der Waals surface area contributed by atoms with Gasteiger partial charge in [-0.25, -0.2) is 20.5 Å². The highest BCUT2D eigenvalue weighted by Crippen LogP contribution is 2.22. The molecule has 3 aromatic rings. The summed E-state index contributed by atoms with van der Waals surface area (Å²) >= 11 is 0. The molecule has 2 unspecified atom stereocenters. The van der Waals surface area contributed by atoms with Crippen LogP contribution in [0.2, 0.25) is 0 Å². The van der Waals surface area contributed by atoms with E-state index in [4.69, 9.17) is 4.42 Å². The van der Waals surface area contributed by atoms with Gasteiger partial charge in [0.2, 0.25) is 5.91 Å². The van der Waals surface area contributed by atoms with Crippen molar-refractivity contribution in [3.8, 4) is 5.82 Å². The Morgan fingerprint density at radius 3 is 3.00 bits per heavy atom. The van der Waals surface area contributed by atoms with Crippen molar-refractivity contribution >= 4 is 5.91 Å². The van der Waals surface area contributed by atoms with Gasteiger partial charge in [-0.1, -0.05) is 6.07 Å². The van der Waals surface area contributed by atoms with Gasteiger partial charge in [-0.15, -0.1) is 0 Å². The number of hydrazine groups is 1. The number of rotatable bonds is 5. The molecular formula is C17H18N6O2. The van der Waals surface area contributed by atoms with Crippen LogP contribution < -0.4 is 16.2 Å². The zero-order valence-corrected chi connectivity index (χ0v) is 13.4. The van der Waals surface area contributed by atoms with E-state index < -0.39 is 0 Å². The van der Waals surface area contributed by atoms with Gasteiger partial charge < -0.3 is 9.73 Å². The third-order valence-electron chi connectivity index (χ3n) is 4.12. The highest BCUT2D eigenvalue weighted by atomic mass is 16.3. The Hall–Kier alpha value is -2.97. The summed E-state index contributed by atoms with van der Waals surface area (Å²) in [6.07, 6.45) is 7.54. The lowest BCUT2D eigenvalue weighted by atomic mass is 10.1. The van der Waals surface area contributed by atoms with Gasteiger partial charge in [-0.3, -0.25) is 4.79 Å². The molecule has 8 nitrogen and oxygen atoms in total. The third-order valence-corrected chi connectivity index (χ3v) is 4.12. The van der Waals surface area contributed by atoms with Crippen molar-refractivity contribution in [3.05, 3.63) is 66.5 Å². The lowest BCUT2D eigenvalue weighted by Crippen LogP contribution is -2.42. The molecule has 1 amide bonds. The number of carbonyl (C=O) groups excluding carboxylic acids is 1. The maximum absolute atomic E-state index is 12.3. The second-order valence-corrected chi connectivity index (χ2v) is 5.84. The van der Waals surface area contributed by atoms with E-state index in [-0.39, 0.29) is 18.0 Å². The van der Waals surface area contributed by atoms with Crippen molar-refractivity contribution in [2.45, 2.75) is 25.0 Å². The van der Waals surface area contributed by atoms with Crippen molar-refractivity contribution in [2.75, 3.05) is 0 Å². The van der Waals surface area contributed by atoms with Gasteiger partial charge in [-0.05, 0) is 36.2 Å². The third kappa shape index (κ3) is 3.44. The van der Waals surface area contributed by atoms with E-state index in [0.717, 1.165) is 17.1 Å². The summed E-state index contributed by atoms with van der Waals surface area (Å²) in [6.45, 7) is 0.425. The average molecular weight is 338 g/mol. The second-order valence-electron chi connectivity index (χ2n) is 5.84. The molecular weight excluding hydrogens is 320 g/mol. The predicted octanol–water partition coefficient (Wildman–Crippen LogP) is 1.08. The molecule has 8 heteroatoms. The van der Waals surface area contributed by atoms with Crippen LogP contribution in [0.3, 0.4) is 0 Å². The normalized spacial score (nSPS) is 19.8. The van der Waals surface area contributed by atoms with Crippen molar-refractivity contribution in [3.63, 3.8) is 0 Å². The highest BCUT2D eigenvalue weighted by molar-refractivity contribution is 5.82. The standard InChI is InChI=1S/C17H18N6O2/c24-17(14-9-13(21-22-14)15-3-1-8-25-15)19-11-12-4-5-16(18-10-12)23-7-2-6-20-23/h1-8,10,13-14,21-22H,9,11H2,(H,19,24). The quantitative estimate of drug-likeness (QED) is 0.644. The van der Waals surface area contributed by atoms with Crippen LogP contribution in [0.1, 0.15) is 23.8 Å². The van der Waals surface area contributed by atoms with Crippen LogP contribution in [-0.2, 0) is 11.3 Å². The first-order valence-corrected chi connectivity index (χ1v) is 8.07. The minimum absolute atomic E-state index is 0.000714. The summed E-state index contributed by atoms with van der Waals surface area (Å²) in [6, 6.07) is 9.07. The van der Waals surface area contributed by atoms with Gasteiger partial charge in [0.15, 0.2) is 5.82 Å². The number of aromatic nitrogens is 3.